The molecule has 0 saturated carbocycles. The summed E-state index contributed by atoms with van der Waals surface area (Å²) in [7, 11) is 1.56. The van der Waals surface area contributed by atoms with Crippen LogP contribution in [0.5, 0.6) is 0 Å². The van der Waals surface area contributed by atoms with Gasteiger partial charge in [-0.25, -0.2) is 4.98 Å². The van der Waals surface area contributed by atoms with Crippen LogP contribution in [0.25, 0.3) is 11.0 Å². The molecule has 2 aromatic rings. The molecule has 0 aliphatic carbocycles. The molecule has 2 unspecified atom stereocenters. The van der Waals surface area contributed by atoms with Crippen molar-refractivity contribution in [3.63, 3.8) is 0 Å². The van der Waals surface area contributed by atoms with Crippen molar-refractivity contribution in [2.75, 3.05) is 13.7 Å². The van der Waals surface area contributed by atoms with Gasteiger partial charge in [-0.1, -0.05) is 0 Å². The van der Waals surface area contributed by atoms with E-state index in [2.05, 4.69) is 9.98 Å². The molecule has 0 aliphatic rings. The zero-order valence-electron chi connectivity index (χ0n) is 14.1. The molecule has 0 bridgehead atoms. The second-order valence-corrected chi connectivity index (χ2v) is 5.92. The van der Waals surface area contributed by atoms with Gasteiger partial charge in [-0.05, 0) is 37.1 Å². The molecule has 0 amide bonds. The molecule has 1 aromatic heterocycles. The average Bonchev–Trinajstić information content (AvgIpc) is 2.55. The number of benzene rings is 1. The monoisotopic (exact) mass is 333 g/mol. The number of aliphatic hydroxyl groups is 3. The molecule has 7 nitrogen and oxygen atoms in total. The molecule has 3 N–H and O–H groups in total. The highest BCUT2D eigenvalue weighted by Gasteiger charge is 2.16. The first-order valence-electron chi connectivity index (χ1n) is 7.78. The fourth-order valence-corrected chi connectivity index (χ4v) is 2.70. The summed E-state index contributed by atoms with van der Waals surface area (Å²) in [4.78, 5) is 19.9. The van der Waals surface area contributed by atoms with Crippen LogP contribution >= 0.6 is 0 Å². The maximum Gasteiger partial charge on any atom is 0.172 e. The normalized spacial score (nSPS) is 14.8. The SMILES string of the molecule is CN=c1c(C=O)nc2cc(C)c(C)cc2n1CC(O)CC(O)CO. The molecule has 0 radical (unpaired) electrons. The zero-order chi connectivity index (χ0) is 17.9. The van der Waals surface area contributed by atoms with Crippen LogP contribution in [-0.4, -0.2) is 57.0 Å². The lowest BCUT2D eigenvalue weighted by atomic mass is 10.1. The van der Waals surface area contributed by atoms with Crippen LogP contribution in [0.1, 0.15) is 28.0 Å². The van der Waals surface area contributed by atoms with Gasteiger partial charge in [0.15, 0.2) is 11.8 Å². The lowest BCUT2D eigenvalue weighted by Gasteiger charge is -2.19. The topological polar surface area (TPSA) is 108 Å². The van der Waals surface area contributed by atoms with Crippen LogP contribution in [0, 0.1) is 13.8 Å². The third-order valence-corrected chi connectivity index (χ3v) is 4.08. The van der Waals surface area contributed by atoms with Crippen LogP contribution < -0.4 is 5.49 Å². The molecule has 1 heterocycles. The van der Waals surface area contributed by atoms with Crippen LogP contribution in [0.4, 0.5) is 0 Å². The number of carbonyl (C=O) groups excluding carboxylic acids is 1. The maximum atomic E-state index is 11.4. The predicted molar refractivity (Wildman–Crippen MR) is 89.8 cm³/mol. The smallest absolute Gasteiger partial charge is 0.172 e. The number of aromatic nitrogens is 2. The first-order chi connectivity index (χ1) is 11.4. The zero-order valence-corrected chi connectivity index (χ0v) is 14.1. The van der Waals surface area contributed by atoms with E-state index in [1.54, 1.807) is 11.6 Å². The molecule has 1 aromatic carbocycles. The highest BCUT2D eigenvalue weighted by atomic mass is 16.3. The van der Waals surface area contributed by atoms with Crippen LogP contribution in [0.2, 0.25) is 0 Å². The molecule has 7 heteroatoms. The average molecular weight is 333 g/mol. The first-order valence-corrected chi connectivity index (χ1v) is 7.78. The number of rotatable bonds is 6. The van der Waals surface area contributed by atoms with E-state index in [4.69, 9.17) is 5.11 Å². The molecule has 0 saturated heterocycles. The van der Waals surface area contributed by atoms with E-state index >= 15 is 0 Å². The largest absolute Gasteiger partial charge is 0.394 e. The van der Waals surface area contributed by atoms with Gasteiger partial charge in [-0.3, -0.25) is 9.79 Å². The van der Waals surface area contributed by atoms with Crippen molar-refractivity contribution < 1.29 is 20.1 Å². The fourth-order valence-electron chi connectivity index (χ4n) is 2.70. The van der Waals surface area contributed by atoms with Crippen molar-refractivity contribution in [1.29, 1.82) is 0 Å². The molecule has 2 atom stereocenters. The number of aryl methyl sites for hydroxylation is 2. The highest BCUT2D eigenvalue weighted by Crippen LogP contribution is 2.17. The van der Waals surface area contributed by atoms with Gasteiger partial charge in [0, 0.05) is 13.5 Å². The Hall–Kier alpha value is -2.09. The second kappa shape index (κ2) is 7.65. The Bertz CT molecular complexity index is 814. The lowest BCUT2D eigenvalue weighted by molar-refractivity contribution is 0.0357. The van der Waals surface area contributed by atoms with E-state index in [0.29, 0.717) is 17.3 Å². The molecule has 130 valence electrons. The summed E-state index contributed by atoms with van der Waals surface area (Å²) in [5, 5.41) is 28.7. The Morgan fingerprint density at radius 2 is 1.92 bits per heavy atom. The Morgan fingerprint density at radius 3 is 2.50 bits per heavy atom. The van der Waals surface area contributed by atoms with E-state index in [-0.39, 0.29) is 18.7 Å². The summed E-state index contributed by atoms with van der Waals surface area (Å²) in [6.45, 7) is 3.65. The summed E-state index contributed by atoms with van der Waals surface area (Å²) in [5.74, 6) is 0. The van der Waals surface area contributed by atoms with Gasteiger partial charge in [-0.2, -0.15) is 0 Å². The lowest BCUT2D eigenvalue weighted by Crippen LogP contribution is -2.33. The van der Waals surface area contributed by atoms with Crippen LogP contribution in [-0.2, 0) is 6.54 Å². The quantitative estimate of drug-likeness (QED) is 0.650. The van der Waals surface area contributed by atoms with Crippen LogP contribution in [0.15, 0.2) is 17.1 Å². The molecule has 0 fully saturated rings. The molecule has 0 spiro atoms. The van der Waals surface area contributed by atoms with Crippen molar-refractivity contribution in [2.45, 2.75) is 39.0 Å². The van der Waals surface area contributed by atoms with E-state index in [1.165, 1.54) is 0 Å². The summed E-state index contributed by atoms with van der Waals surface area (Å²) in [6, 6.07) is 3.83. The summed E-state index contributed by atoms with van der Waals surface area (Å²) >= 11 is 0. The fraction of sp³-hybridized carbons (Fsp3) is 0.471. The van der Waals surface area contributed by atoms with Gasteiger partial charge < -0.3 is 19.9 Å². The van der Waals surface area contributed by atoms with Gasteiger partial charge in [0.2, 0.25) is 0 Å². The number of carbonyl (C=O) groups is 1. The van der Waals surface area contributed by atoms with Gasteiger partial charge in [0.1, 0.15) is 5.69 Å². The Labute approximate surface area is 139 Å². The molecular weight excluding hydrogens is 310 g/mol. The summed E-state index contributed by atoms with van der Waals surface area (Å²) in [6.07, 6.45) is -1.23. The summed E-state index contributed by atoms with van der Waals surface area (Å²) < 4.78 is 1.73. The van der Waals surface area contributed by atoms with E-state index in [1.807, 2.05) is 26.0 Å². The van der Waals surface area contributed by atoms with Gasteiger partial charge >= 0.3 is 0 Å². The Kier molecular flexibility index (Phi) is 5.82. The van der Waals surface area contributed by atoms with Gasteiger partial charge in [-0.15, -0.1) is 0 Å². The third kappa shape index (κ3) is 3.69. The number of aliphatic hydroxyl groups excluding tert-OH is 3. The first kappa shape index (κ1) is 18.3. The maximum absolute atomic E-state index is 11.4. The number of hydrogen-bond donors (Lipinski definition) is 3. The van der Waals surface area contributed by atoms with Gasteiger partial charge in [0.05, 0.1) is 36.4 Å². The Morgan fingerprint density at radius 1 is 1.25 bits per heavy atom. The highest BCUT2D eigenvalue weighted by molar-refractivity contribution is 5.81. The molecule has 2 rings (SSSR count). The minimum atomic E-state index is -0.995. The predicted octanol–water partition coefficient (Wildman–Crippen LogP) is 0.100. The van der Waals surface area contributed by atoms with Crippen LogP contribution in [0.3, 0.4) is 0 Å². The van der Waals surface area contributed by atoms with E-state index in [0.717, 1.165) is 16.6 Å². The van der Waals surface area contributed by atoms with Crippen molar-refractivity contribution in [3.05, 3.63) is 34.4 Å². The van der Waals surface area contributed by atoms with Crippen molar-refractivity contribution in [1.82, 2.24) is 9.55 Å². The van der Waals surface area contributed by atoms with Crippen molar-refractivity contribution in [3.8, 4) is 0 Å². The number of fused-ring (bicyclic) bond motifs is 1. The number of nitrogens with zero attached hydrogens (tertiary/aromatic N) is 3. The summed E-state index contributed by atoms with van der Waals surface area (Å²) in [5.41, 5.74) is 4.07. The minimum Gasteiger partial charge on any atom is -0.394 e. The van der Waals surface area contributed by atoms with Crippen molar-refractivity contribution in [2.24, 2.45) is 4.99 Å². The molecular formula is C17H23N3O4. The minimum absolute atomic E-state index is 0.0255. The van der Waals surface area contributed by atoms with Crippen molar-refractivity contribution >= 4 is 17.3 Å². The van der Waals surface area contributed by atoms with Gasteiger partial charge in [0.25, 0.3) is 0 Å². The Balaban J connectivity index is 2.64. The number of aldehydes is 1. The number of hydrogen-bond acceptors (Lipinski definition) is 6. The van der Waals surface area contributed by atoms with E-state index < -0.39 is 18.8 Å². The standard InChI is InChI=1S/C17H23N3O4/c1-10-4-14-16(5-11(10)2)20(7-12(23)6-13(24)8-21)17(18-3)15(9-22)19-14/h4-5,9,12-13,21,23-24H,6-8H2,1-3H3. The van der Waals surface area contributed by atoms with E-state index in [9.17, 15) is 15.0 Å². The molecule has 0 aliphatic heterocycles. The third-order valence-electron chi connectivity index (χ3n) is 4.08. The second-order valence-electron chi connectivity index (χ2n) is 5.92. The molecule has 24 heavy (non-hydrogen) atoms.